The normalized spacial score (nSPS) is 12.3. The maximum Gasteiger partial charge on any atom is 0.264 e. The van der Waals surface area contributed by atoms with Crippen LogP contribution in [0.4, 0.5) is 5.69 Å². The SMILES string of the molecule is Cc1ccc([C@@H](C)NC(=O)CN(c2cc(C)cc(C)c2)S(=O)(=O)c2ccccc2)cc1. The Kier molecular flexibility index (Phi) is 6.81. The minimum absolute atomic E-state index is 0.147. The van der Waals surface area contributed by atoms with Gasteiger partial charge < -0.3 is 5.32 Å². The predicted molar refractivity (Wildman–Crippen MR) is 125 cm³/mol. The van der Waals surface area contributed by atoms with Crippen LogP contribution in [0, 0.1) is 20.8 Å². The second-order valence-electron chi connectivity index (χ2n) is 7.87. The molecule has 3 rings (SSSR count). The summed E-state index contributed by atoms with van der Waals surface area (Å²) in [6, 6.07) is 21.4. The minimum atomic E-state index is -3.92. The van der Waals surface area contributed by atoms with E-state index in [1.165, 1.54) is 16.4 Å². The number of aryl methyl sites for hydroxylation is 3. The highest BCUT2D eigenvalue weighted by Crippen LogP contribution is 2.26. The van der Waals surface area contributed by atoms with Crippen molar-refractivity contribution >= 4 is 21.6 Å². The van der Waals surface area contributed by atoms with Gasteiger partial charge in [-0.1, -0.05) is 54.1 Å². The highest BCUT2D eigenvalue weighted by molar-refractivity contribution is 7.92. The minimum Gasteiger partial charge on any atom is -0.348 e. The van der Waals surface area contributed by atoms with Crippen molar-refractivity contribution in [1.29, 1.82) is 0 Å². The first-order chi connectivity index (χ1) is 14.7. The van der Waals surface area contributed by atoms with Crippen molar-refractivity contribution in [2.75, 3.05) is 10.8 Å². The van der Waals surface area contributed by atoms with E-state index in [-0.39, 0.29) is 23.4 Å². The summed E-state index contributed by atoms with van der Waals surface area (Å²) in [5.74, 6) is -0.369. The second kappa shape index (κ2) is 9.35. The second-order valence-corrected chi connectivity index (χ2v) is 9.73. The summed E-state index contributed by atoms with van der Waals surface area (Å²) in [6.07, 6.45) is 0. The maximum absolute atomic E-state index is 13.4. The number of nitrogens with zero attached hydrogens (tertiary/aromatic N) is 1. The van der Waals surface area contributed by atoms with Crippen molar-refractivity contribution < 1.29 is 13.2 Å². The number of rotatable bonds is 7. The zero-order valence-corrected chi connectivity index (χ0v) is 19.1. The lowest BCUT2D eigenvalue weighted by Crippen LogP contribution is -2.41. The molecule has 0 aromatic heterocycles. The summed E-state index contributed by atoms with van der Waals surface area (Å²) < 4.78 is 28.0. The van der Waals surface area contributed by atoms with Gasteiger partial charge in [-0.05, 0) is 68.7 Å². The number of amides is 1. The van der Waals surface area contributed by atoms with Crippen molar-refractivity contribution in [1.82, 2.24) is 5.32 Å². The smallest absolute Gasteiger partial charge is 0.264 e. The molecule has 0 aliphatic rings. The van der Waals surface area contributed by atoms with Crippen LogP contribution >= 0.6 is 0 Å². The molecule has 3 aromatic carbocycles. The quantitative estimate of drug-likeness (QED) is 0.585. The summed E-state index contributed by atoms with van der Waals surface area (Å²) in [4.78, 5) is 13.1. The van der Waals surface area contributed by atoms with E-state index in [4.69, 9.17) is 0 Å². The molecule has 0 aliphatic heterocycles. The Morgan fingerprint density at radius 1 is 0.871 bits per heavy atom. The molecular formula is C25H28N2O3S. The summed E-state index contributed by atoms with van der Waals surface area (Å²) in [6.45, 7) is 7.39. The van der Waals surface area contributed by atoms with Crippen molar-refractivity contribution in [2.45, 2.75) is 38.6 Å². The summed E-state index contributed by atoms with van der Waals surface area (Å²) in [5.41, 5.74) is 4.42. The molecule has 1 amide bonds. The number of benzene rings is 3. The third kappa shape index (κ3) is 5.52. The van der Waals surface area contributed by atoms with Crippen molar-refractivity contribution in [2.24, 2.45) is 0 Å². The maximum atomic E-state index is 13.4. The van der Waals surface area contributed by atoms with Crippen LogP contribution < -0.4 is 9.62 Å². The van der Waals surface area contributed by atoms with Crippen molar-refractivity contribution in [3.8, 4) is 0 Å². The van der Waals surface area contributed by atoms with Gasteiger partial charge in [-0.25, -0.2) is 8.42 Å². The van der Waals surface area contributed by atoms with Gasteiger partial charge in [0, 0.05) is 0 Å². The van der Waals surface area contributed by atoms with Crippen molar-refractivity contribution in [3.63, 3.8) is 0 Å². The van der Waals surface area contributed by atoms with Gasteiger partial charge in [-0.2, -0.15) is 0 Å². The van der Waals surface area contributed by atoms with E-state index < -0.39 is 10.0 Å². The van der Waals surface area contributed by atoms with Crippen LogP contribution in [0.2, 0.25) is 0 Å². The Hall–Kier alpha value is -3.12. The van der Waals surface area contributed by atoms with Gasteiger partial charge in [0.05, 0.1) is 16.6 Å². The summed E-state index contributed by atoms with van der Waals surface area (Å²) >= 11 is 0. The number of nitrogens with one attached hydrogen (secondary N) is 1. The first-order valence-electron chi connectivity index (χ1n) is 10.2. The van der Waals surface area contributed by atoms with Gasteiger partial charge in [-0.15, -0.1) is 0 Å². The molecule has 0 spiro atoms. The van der Waals surface area contributed by atoms with Crippen LogP contribution in [-0.4, -0.2) is 20.9 Å². The fourth-order valence-electron chi connectivity index (χ4n) is 3.49. The summed E-state index contributed by atoms with van der Waals surface area (Å²) in [7, 11) is -3.92. The summed E-state index contributed by atoms with van der Waals surface area (Å²) in [5, 5.41) is 2.92. The molecule has 0 fully saturated rings. The molecule has 0 unspecified atom stereocenters. The Balaban J connectivity index is 1.91. The first kappa shape index (κ1) is 22.6. The fourth-order valence-corrected chi connectivity index (χ4v) is 4.91. The number of sulfonamides is 1. The Morgan fingerprint density at radius 3 is 2.03 bits per heavy atom. The monoisotopic (exact) mass is 436 g/mol. The van der Waals surface area contributed by atoms with Crippen LogP contribution in [0.1, 0.15) is 35.2 Å². The third-order valence-electron chi connectivity index (χ3n) is 5.07. The third-order valence-corrected chi connectivity index (χ3v) is 6.86. The number of carbonyl (C=O) groups excluding carboxylic acids is 1. The van der Waals surface area contributed by atoms with Crippen LogP contribution in [-0.2, 0) is 14.8 Å². The average Bonchev–Trinajstić information content (AvgIpc) is 2.72. The molecule has 3 aromatic rings. The van der Waals surface area contributed by atoms with Crippen LogP contribution in [0.3, 0.4) is 0 Å². The molecule has 1 N–H and O–H groups in total. The zero-order chi connectivity index (χ0) is 22.6. The number of anilines is 1. The highest BCUT2D eigenvalue weighted by Gasteiger charge is 2.28. The molecule has 1 atom stereocenters. The highest BCUT2D eigenvalue weighted by atomic mass is 32.2. The molecule has 162 valence electrons. The van der Waals surface area contributed by atoms with Gasteiger partial charge in [0.25, 0.3) is 10.0 Å². The van der Waals surface area contributed by atoms with E-state index >= 15 is 0 Å². The Bertz CT molecular complexity index is 1140. The fraction of sp³-hybridized carbons (Fsp3) is 0.240. The van der Waals surface area contributed by atoms with E-state index in [1.807, 2.05) is 58.0 Å². The van der Waals surface area contributed by atoms with E-state index in [0.29, 0.717) is 5.69 Å². The first-order valence-corrected chi connectivity index (χ1v) is 11.6. The molecule has 5 nitrogen and oxygen atoms in total. The molecule has 0 heterocycles. The number of carbonyl (C=O) groups is 1. The lowest BCUT2D eigenvalue weighted by molar-refractivity contribution is -0.120. The van der Waals surface area contributed by atoms with Gasteiger partial charge in [-0.3, -0.25) is 9.10 Å². The van der Waals surface area contributed by atoms with Gasteiger partial charge in [0.15, 0.2) is 0 Å². The molecular weight excluding hydrogens is 408 g/mol. The molecule has 0 aliphatic carbocycles. The van der Waals surface area contributed by atoms with E-state index in [0.717, 1.165) is 22.3 Å². The van der Waals surface area contributed by atoms with Crippen LogP contribution in [0.15, 0.2) is 77.7 Å². The molecule has 6 heteroatoms. The van der Waals surface area contributed by atoms with Crippen LogP contribution in [0.5, 0.6) is 0 Å². The van der Waals surface area contributed by atoms with Gasteiger partial charge in [0.2, 0.25) is 5.91 Å². The van der Waals surface area contributed by atoms with E-state index in [1.54, 1.807) is 30.3 Å². The van der Waals surface area contributed by atoms with E-state index in [9.17, 15) is 13.2 Å². The predicted octanol–water partition coefficient (Wildman–Crippen LogP) is 4.68. The lowest BCUT2D eigenvalue weighted by atomic mass is 10.1. The molecule has 0 saturated carbocycles. The number of hydrogen-bond donors (Lipinski definition) is 1. The van der Waals surface area contributed by atoms with Crippen molar-refractivity contribution in [3.05, 3.63) is 95.1 Å². The van der Waals surface area contributed by atoms with E-state index in [2.05, 4.69) is 5.32 Å². The molecule has 31 heavy (non-hydrogen) atoms. The van der Waals surface area contributed by atoms with Gasteiger partial charge in [0.1, 0.15) is 6.54 Å². The lowest BCUT2D eigenvalue weighted by Gasteiger charge is -2.26. The topological polar surface area (TPSA) is 66.5 Å². The molecule has 0 bridgehead atoms. The Labute approximate surface area is 184 Å². The molecule has 0 radical (unpaired) electrons. The number of hydrogen-bond acceptors (Lipinski definition) is 3. The molecule has 0 saturated heterocycles. The zero-order valence-electron chi connectivity index (χ0n) is 18.3. The standard InChI is InChI=1S/C25H28N2O3S/c1-18-10-12-22(13-11-18)21(4)26-25(28)17-27(23-15-19(2)14-20(3)16-23)31(29,30)24-8-6-5-7-9-24/h5-16,21H,17H2,1-4H3,(H,26,28)/t21-/m1/s1. The van der Waals surface area contributed by atoms with Gasteiger partial charge >= 0.3 is 0 Å². The van der Waals surface area contributed by atoms with Crippen LogP contribution in [0.25, 0.3) is 0 Å². The average molecular weight is 437 g/mol. The largest absolute Gasteiger partial charge is 0.348 e. The Morgan fingerprint density at radius 2 is 1.45 bits per heavy atom.